The molecule has 1 amide bonds. The molecule has 0 aliphatic rings. The van der Waals surface area contributed by atoms with Crippen LogP contribution in [0.4, 0.5) is 11.4 Å². The summed E-state index contributed by atoms with van der Waals surface area (Å²) < 4.78 is 28.7. The van der Waals surface area contributed by atoms with E-state index in [9.17, 15) is 13.2 Å². The van der Waals surface area contributed by atoms with E-state index in [-0.39, 0.29) is 10.8 Å². The van der Waals surface area contributed by atoms with Crippen molar-refractivity contribution >= 4 is 27.3 Å². The Balaban J connectivity index is 1.55. The number of rotatable bonds is 7. The van der Waals surface area contributed by atoms with Gasteiger partial charge in [0.25, 0.3) is 10.0 Å². The number of carbonyl (C=O) groups is 1. The van der Waals surface area contributed by atoms with Crippen molar-refractivity contribution in [1.82, 2.24) is 0 Å². The van der Waals surface area contributed by atoms with Crippen LogP contribution in [0, 0.1) is 20.8 Å². The summed E-state index contributed by atoms with van der Waals surface area (Å²) in [4.78, 5) is 13.4. The van der Waals surface area contributed by atoms with Gasteiger partial charge in [0, 0.05) is 5.69 Å². The summed E-state index contributed by atoms with van der Waals surface area (Å²) in [5.74, 6) is -0.683. The topological polar surface area (TPSA) is 75.3 Å². The summed E-state index contributed by atoms with van der Waals surface area (Å²) in [6, 6.07) is 29.2. The molecule has 0 saturated heterocycles. The molecule has 4 aromatic rings. The van der Waals surface area contributed by atoms with Gasteiger partial charge in [-0.2, -0.15) is 0 Å². The van der Waals surface area contributed by atoms with Gasteiger partial charge in [0.2, 0.25) is 5.91 Å². The van der Waals surface area contributed by atoms with Crippen LogP contribution in [0.1, 0.15) is 33.7 Å². The zero-order valence-electron chi connectivity index (χ0n) is 19.9. The second kappa shape index (κ2) is 10.2. The van der Waals surface area contributed by atoms with Crippen molar-refractivity contribution < 1.29 is 13.2 Å². The number of hydrogen-bond acceptors (Lipinski definition) is 3. The molecule has 0 bridgehead atoms. The number of benzene rings is 4. The summed E-state index contributed by atoms with van der Waals surface area (Å²) in [7, 11) is -3.78. The molecule has 0 aliphatic heterocycles. The van der Waals surface area contributed by atoms with Crippen LogP contribution < -0.4 is 10.0 Å². The SMILES string of the molecule is Cc1cc(C)c(NS(=O)(=O)c2ccc(NC(=O)C(c3ccccc3)c3ccccc3)cc2)c(C)c1. The van der Waals surface area contributed by atoms with E-state index in [0.717, 1.165) is 27.8 Å². The standard InChI is InChI=1S/C29H28N2O3S/c1-20-18-21(2)28(22(3)19-20)31-35(33,34)26-16-14-25(15-17-26)30-29(32)27(23-10-6-4-7-11-23)24-12-8-5-9-13-24/h4-19,27,31H,1-3H3,(H,30,32). The molecule has 0 saturated carbocycles. The number of nitrogens with one attached hydrogen (secondary N) is 2. The minimum Gasteiger partial charge on any atom is -0.325 e. The third-order valence-corrected chi connectivity index (χ3v) is 7.24. The largest absolute Gasteiger partial charge is 0.325 e. The summed E-state index contributed by atoms with van der Waals surface area (Å²) in [6.45, 7) is 5.74. The number of carbonyl (C=O) groups excluding carboxylic acids is 1. The van der Waals surface area contributed by atoms with E-state index in [1.807, 2.05) is 93.6 Å². The normalized spacial score (nSPS) is 11.3. The van der Waals surface area contributed by atoms with Gasteiger partial charge in [-0.25, -0.2) is 8.42 Å². The molecule has 0 aliphatic carbocycles. The van der Waals surface area contributed by atoms with Crippen molar-refractivity contribution in [3.05, 3.63) is 125 Å². The van der Waals surface area contributed by atoms with E-state index in [1.54, 1.807) is 12.1 Å². The van der Waals surface area contributed by atoms with E-state index in [0.29, 0.717) is 11.4 Å². The summed E-state index contributed by atoms with van der Waals surface area (Å²) in [5, 5.41) is 2.94. The van der Waals surface area contributed by atoms with Crippen LogP contribution in [0.15, 0.2) is 102 Å². The summed E-state index contributed by atoms with van der Waals surface area (Å²) in [6.07, 6.45) is 0. The predicted molar refractivity (Wildman–Crippen MR) is 141 cm³/mol. The lowest BCUT2D eigenvalue weighted by Crippen LogP contribution is -2.22. The number of hydrogen-bond donors (Lipinski definition) is 2. The molecule has 0 aromatic heterocycles. The van der Waals surface area contributed by atoms with Crippen molar-refractivity contribution in [3.8, 4) is 0 Å². The number of sulfonamides is 1. The van der Waals surface area contributed by atoms with Crippen LogP contribution in [0.25, 0.3) is 0 Å². The highest BCUT2D eigenvalue weighted by atomic mass is 32.2. The average molecular weight is 485 g/mol. The molecule has 2 N–H and O–H groups in total. The van der Waals surface area contributed by atoms with Crippen LogP contribution in [0.2, 0.25) is 0 Å². The van der Waals surface area contributed by atoms with E-state index in [1.165, 1.54) is 12.1 Å². The Bertz CT molecular complexity index is 1370. The lowest BCUT2D eigenvalue weighted by molar-refractivity contribution is -0.116. The van der Waals surface area contributed by atoms with Crippen molar-refractivity contribution in [1.29, 1.82) is 0 Å². The lowest BCUT2D eigenvalue weighted by Gasteiger charge is -2.18. The third kappa shape index (κ3) is 5.61. The molecule has 4 aromatic carbocycles. The first kappa shape index (κ1) is 24.2. The molecule has 0 radical (unpaired) electrons. The van der Waals surface area contributed by atoms with E-state index in [4.69, 9.17) is 0 Å². The maximum absolute atomic E-state index is 13.3. The first-order valence-electron chi connectivity index (χ1n) is 11.4. The lowest BCUT2D eigenvalue weighted by atomic mass is 9.90. The predicted octanol–water partition coefficient (Wildman–Crippen LogP) is 6.18. The third-order valence-electron chi connectivity index (χ3n) is 5.87. The van der Waals surface area contributed by atoms with E-state index in [2.05, 4.69) is 10.0 Å². The molecule has 0 spiro atoms. The molecular formula is C29H28N2O3S. The fourth-order valence-corrected chi connectivity index (χ4v) is 5.46. The monoisotopic (exact) mass is 484 g/mol. The van der Waals surface area contributed by atoms with Crippen molar-refractivity contribution in [2.75, 3.05) is 10.0 Å². The van der Waals surface area contributed by atoms with Crippen molar-refractivity contribution in [2.45, 2.75) is 31.6 Å². The number of amides is 1. The van der Waals surface area contributed by atoms with Crippen LogP contribution in [-0.2, 0) is 14.8 Å². The zero-order chi connectivity index (χ0) is 25.0. The van der Waals surface area contributed by atoms with Crippen LogP contribution >= 0.6 is 0 Å². The van der Waals surface area contributed by atoms with Gasteiger partial charge in [0.1, 0.15) is 0 Å². The molecule has 4 rings (SSSR count). The fraction of sp³-hybridized carbons (Fsp3) is 0.138. The molecule has 6 heteroatoms. The number of aryl methyl sites for hydroxylation is 3. The molecule has 0 fully saturated rings. The number of anilines is 2. The second-order valence-corrected chi connectivity index (χ2v) is 10.3. The fourth-order valence-electron chi connectivity index (χ4n) is 4.25. The van der Waals surface area contributed by atoms with E-state index >= 15 is 0 Å². The van der Waals surface area contributed by atoms with Crippen LogP contribution in [0.5, 0.6) is 0 Å². The van der Waals surface area contributed by atoms with Gasteiger partial charge in [0.05, 0.1) is 16.5 Å². The highest BCUT2D eigenvalue weighted by molar-refractivity contribution is 7.92. The molecular weight excluding hydrogens is 456 g/mol. The van der Waals surface area contributed by atoms with Gasteiger partial charge < -0.3 is 5.32 Å². The van der Waals surface area contributed by atoms with Crippen LogP contribution in [-0.4, -0.2) is 14.3 Å². The molecule has 0 heterocycles. The maximum atomic E-state index is 13.3. The van der Waals surface area contributed by atoms with Gasteiger partial charge in [-0.3, -0.25) is 9.52 Å². The van der Waals surface area contributed by atoms with Gasteiger partial charge >= 0.3 is 0 Å². The zero-order valence-corrected chi connectivity index (χ0v) is 20.8. The highest BCUT2D eigenvalue weighted by Gasteiger charge is 2.23. The Labute approximate surface area is 206 Å². The Morgan fingerprint density at radius 1 is 0.714 bits per heavy atom. The Morgan fingerprint density at radius 3 is 1.69 bits per heavy atom. The minimum absolute atomic E-state index is 0.123. The van der Waals surface area contributed by atoms with Crippen LogP contribution in [0.3, 0.4) is 0 Å². The first-order valence-corrected chi connectivity index (χ1v) is 12.8. The van der Waals surface area contributed by atoms with Gasteiger partial charge in [-0.15, -0.1) is 0 Å². The second-order valence-electron chi connectivity index (χ2n) is 8.65. The Kier molecular flexibility index (Phi) is 7.03. The smallest absolute Gasteiger partial charge is 0.261 e. The maximum Gasteiger partial charge on any atom is 0.261 e. The quantitative estimate of drug-likeness (QED) is 0.329. The van der Waals surface area contributed by atoms with Gasteiger partial charge in [0.15, 0.2) is 0 Å². The molecule has 35 heavy (non-hydrogen) atoms. The van der Waals surface area contributed by atoms with E-state index < -0.39 is 15.9 Å². The molecule has 0 atom stereocenters. The molecule has 5 nitrogen and oxygen atoms in total. The molecule has 0 unspecified atom stereocenters. The van der Waals surface area contributed by atoms with Crippen molar-refractivity contribution in [3.63, 3.8) is 0 Å². The molecule has 178 valence electrons. The first-order chi connectivity index (χ1) is 16.7. The summed E-state index contributed by atoms with van der Waals surface area (Å²) in [5.41, 5.74) is 5.67. The Hall–Kier alpha value is -3.90. The highest BCUT2D eigenvalue weighted by Crippen LogP contribution is 2.28. The van der Waals surface area contributed by atoms with Gasteiger partial charge in [-0.1, -0.05) is 78.4 Å². The Morgan fingerprint density at radius 2 is 1.20 bits per heavy atom. The minimum atomic E-state index is -3.78. The summed E-state index contributed by atoms with van der Waals surface area (Å²) >= 11 is 0. The van der Waals surface area contributed by atoms with Crippen molar-refractivity contribution in [2.24, 2.45) is 0 Å². The average Bonchev–Trinajstić information content (AvgIpc) is 2.83. The van der Waals surface area contributed by atoms with Gasteiger partial charge in [-0.05, 0) is 67.3 Å².